The summed E-state index contributed by atoms with van der Waals surface area (Å²) in [5.41, 5.74) is 0. The monoisotopic (exact) mass is 285 g/mol. The van der Waals surface area contributed by atoms with Crippen molar-refractivity contribution < 1.29 is 0 Å². The molecule has 0 fully saturated rings. The fraction of sp³-hybridized carbons (Fsp3) is 0.583. The fourth-order valence-electron chi connectivity index (χ4n) is 1.59. The van der Waals surface area contributed by atoms with Gasteiger partial charge in [0.25, 0.3) is 0 Å². The van der Waals surface area contributed by atoms with Gasteiger partial charge in [-0.1, -0.05) is 19.9 Å². The molecule has 0 aliphatic heterocycles. The van der Waals surface area contributed by atoms with Crippen molar-refractivity contribution >= 4 is 21.7 Å². The van der Waals surface area contributed by atoms with E-state index in [0.717, 1.165) is 30.1 Å². The Balaban J connectivity index is 2.29. The van der Waals surface area contributed by atoms with Crippen LogP contribution < -0.4 is 5.32 Å². The van der Waals surface area contributed by atoms with Gasteiger partial charge in [0.2, 0.25) is 0 Å². The van der Waals surface area contributed by atoms with Crippen molar-refractivity contribution in [3.8, 4) is 0 Å². The summed E-state index contributed by atoms with van der Waals surface area (Å²) in [5, 5.41) is 3.33. The van der Waals surface area contributed by atoms with Gasteiger partial charge in [-0.2, -0.15) is 0 Å². The number of halogens is 1. The van der Waals surface area contributed by atoms with Crippen molar-refractivity contribution in [2.45, 2.75) is 20.3 Å². The highest BCUT2D eigenvalue weighted by Crippen LogP contribution is 2.09. The average molecular weight is 286 g/mol. The minimum atomic E-state index is 0.874. The van der Waals surface area contributed by atoms with Gasteiger partial charge >= 0.3 is 0 Å². The molecule has 0 unspecified atom stereocenters. The third kappa shape index (κ3) is 4.94. The topological polar surface area (TPSA) is 28.2 Å². The van der Waals surface area contributed by atoms with Crippen LogP contribution in [-0.4, -0.2) is 36.1 Å². The van der Waals surface area contributed by atoms with Crippen LogP contribution in [0.5, 0.6) is 0 Å². The summed E-state index contributed by atoms with van der Waals surface area (Å²) in [7, 11) is 0. The predicted octanol–water partition coefficient (Wildman–Crippen LogP) is 2.99. The summed E-state index contributed by atoms with van der Waals surface area (Å²) >= 11 is 3.36. The number of hydrogen-bond acceptors (Lipinski definition) is 3. The second-order valence-corrected chi connectivity index (χ2v) is 4.52. The first-order chi connectivity index (χ1) is 7.76. The minimum absolute atomic E-state index is 0.874. The van der Waals surface area contributed by atoms with Crippen molar-refractivity contribution in [3.05, 3.63) is 22.8 Å². The number of pyridine rings is 1. The Hall–Kier alpha value is -0.610. The molecule has 16 heavy (non-hydrogen) atoms. The van der Waals surface area contributed by atoms with Crippen LogP contribution in [0.1, 0.15) is 20.3 Å². The number of anilines is 1. The highest BCUT2D eigenvalue weighted by Gasteiger charge is 2.00. The molecule has 0 radical (unpaired) electrons. The van der Waals surface area contributed by atoms with Gasteiger partial charge in [-0.25, -0.2) is 4.98 Å². The largest absolute Gasteiger partial charge is 0.369 e. The van der Waals surface area contributed by atoms with E-state index >= 15 is 0 Å². The third-order valence-electron chi connectivity index (χ3n) is 2.44. The normalized spacial score (nSPS) is 10.8. The Labute approximate surface area is 106 Å². The SMILES string of the molecule is CCCN(CC)CCNc1cccc(Br)n1. The fourth-order valence-corrected chi connectivity index (χ4v) is 1.94. The zero-order chi connectivity index (χ0) is 11.8. The second kappa shape index (κ2) is 7.63. The summed E-state index contributed by atoms with van der Waals surface area (Å²) in [5.74, 6) is 0.932. The van der Waals surface area contributed by atoms with Crippen molar-refractivity contribution in [2.75, 3.05) is 31.5 Å². The Kier molecular flexibility index (Phi) is 6.42. The molecule has 0 aliphatic rings. The number of rotatable bonds is 7. The lowest BCUT2D eigenvalue weighted by Gasteiger charge is -2.19. The van der Waals surface area contributed by atoms with Gasteiger partial charge in [0, 0.05) is 13.1 Å². The van der Waals surface area contributed by atoms with E-state index in [1.807, 2.05) is 18.2 Å². The lowest BCUT2D eigenvalue weighted by atomic mass is 10.4. The molecule has 4 heteroatoms. The van der Waals surface area contributed by atoms with E-state index in [1.165, 1.54) is 13.0 Å². The molecule has 0 spiro atoms. The van der Waals surface area contributed by atoms with E-state index in [0.29, 0.717) is 0 Å². The summed E-state index contributed by atoms with van der Waals surface area (Å²) in [4.78, 5) is 6.76. The van der Waals surface area contributed by atoms with Crippen molar-refractivity contribution in [2.24, 2.45) is 0 Å². The van der Waals surface area contributed by atoms with Crippen LogP contribution >= 0.6 is 15.9 Å². The Bertz CT molecular complexity index is 304. The summed E-state index contributed by atoms with van der Waals surface area (Å²) in [6.45, 7) is 8.71. The predicted molar refractivity (Wildman–Crippen MR) is 72.8 cm³/mol. The Morgan fingerprint density at radius 2 is 2.12 bits per heavy atom. The van der Waals surface area contributed by atoms with Gasteiger partial charge in [-0.15, -0.1) is 0 Å². The molecule has 0 aromatic carbocycles. The van der Waals surface area contributed by atoms with E-state index in [2.05, 4.69) is 45.0 Å². The Morgan fingerprint density at radius 1 is 1.31 bits per heavy atom. The summed E-state index contributed by atoms with van der Waals surface area (Å²) in [6.07, 6.45) is 1.21. The maximum Gasteiger partial charge on any atom is 0.127 e. The Morgan fingerprint density at radius 3 is 2.75 bits per heavy atom. The van der Waals surface area contributed by atoms with Crippen molar-refractivity contribution in [1.82, 2.24) is 9.88 Å². The molecular weight excluding hydrogens is 266 g/mol. The second-order valence-electron chi connectivity index (χ2n) is 3.71. The van der Waals surface area contributed by atoms with E-state index in [-0.39, 0.29) is 0 Å². The van der Waals surface area contributed by atoms with Gasteiger partial charge in [0.1, 0.15) is 10.4 Å². The molecule has 0 saturated carbocycles. The first-order valence-electron chi connectivity index (χ1n) is 5.85. The molecule has 3 nitrogen and oxygen atoms in total. The summed E-state index contributed by atoms with van der Waals surface area (Å²) < 4.78 is 0.874. The van der Waals surface area contributed by atoms with Crippen LogP contribution in [0, 0.1) is 0 Å². The highest BCUT2D eigenvalue weighted by atomic mass is 79.9. The molecule has 0 aliphatic carbocycles. The molecule has 1 N–H and O–H groups in total. The van der Waals surface area contributed by atoms with Crippen LogP contribution in [0.15, 0.2) is 22.8 Å². The molecular formula is C12H20BrN3. The first-order valence-corrected chi connectivity index (χ1v) is 6.64. The number of nitrogens with one attached hydrogen (secondary N) is 1. The van der Waals surface area contributed by atoms with Gasteiger partial charge in [-0.05, 0) is 47.6 Å². The molecule has 0 atom stereocenters. The molecule has 1 aromatic rings. The number of likely N-dealkylation sites (N-methyl/N-ethyl adjacent to an activating group) is 1. The van der Waals surface area contributed by atoms with Crippen molar-refractivity contribution in [3.63, 3.8) is 0 Å². The van der Waals surface area contributed by atoms with E-state index in [1.54, 1.807) is 0 Å². The highest BCUT2D eigenvalue weighted by molar-refractivity contribution is 9.10. The van der Waals surface area contributed by atoms with Gasteiger partial charge in [0.05, 0.1) is 0 Å². The lowest BCUT2D eigenvalue weighted by molar-refractivity contribution is 0.300. The standard InChI is InChI=1S/C12H20BrN3/c1-3-9-16(4-2)10-8-14-12-7-5-6-11(13)15-12/h5-7H,3-4,8-10H2,1-2H3,(H,14,15). The smallest absolute Gasteiger partial charge is 0.127 e. The van der Waals surface area contributed by atoms with Crippen molar-refractivity contribution in [1.29, 1.82) is 0 Å². The van der Waals surface area contributed by atoms with Gasteiger partial charge < -0.3 is 10.2 Å². The van der Waals surface area contributed by atoms with Crippen LogP contribution in [0.25, 0.3) is 0 Å². The zero-order valence-corrected chi connectivity index (χ0v) is 11.6. The van der Waals surface area contributed by atoms with E-state index in [9.17, 15) is 0 Å². The van der Waals surface area contributed by atoms with Crippen LogP contribution in [0.2, 0.25) is 0 Å². The molecule has 0 bridgehead atoms. The quantitative estimate of drug-likeness (QED) is 0.781. The maximum absolute atomic E-state index is 4.33. The molecule has 0 saturated heterocycles. The van der Waals surface area contributed by atoms with Crippen LogP contribution in [0.4, 0.5) is 5.82 Å². The molecule has 0 amide bonds. The lowest BCUT2D eigenvalue weighted by Crippen LogP contribution is -2.29. The maximum atomic E-state index is 4.33. The first kappa shape index (κ1) is 13.5. The number of aromatic nitrogens is 1. The molecule has 1 rings (SSSR count). The van der Waals surface area contributed by atoms with Crippen LogP contribution in [-0.2, 0) is 0 Å². The van der Waals surface area contributed by atoms with E-state index in [4.69, 9.17) is 0 Å². The average Bonchev–Trinajstić information content (AvgIpc) is 2.28. The zero-order valence-electron chi connectivity index (χ0n) is 10.0. The summed E-state index contributed by atoms with van der Waals surface area (Å²) in [6, 6.07) is 5.91. The van der Waals surface area contributed by atoms with E-state index < -0.39 is 0 Å². The number of hydrogen-bond donors (Lipinski definition) is 1. The van der Waals surface area contributed by atoms with Gasteiger partial charge in [-0.3, -0.25) is 0 Å². The molecule has 90 valence electrons. The van der Waals surface area contributed by atoms with Crippen LogP contribution in [0.3, 0.4) is 0 Å². The minimum Gasteiger partial charge on any atom is -0.369 e. The molecule has 1 heterocycles. The van der Waals surface area contributed by atoms with Gasteiger partial charge in [0.15, 0.2) is 0 Å². The third-order valence-corrected chi connectivity index (χ3v) is 2.88. The number of nitrogens with zero attached hydrogens (tertiary/aromatic N) is 2. The molecule has 1 aromatic heterocycles.